The van der Waals surface area contributed by atoms with Gasteiger partial charge >= 0.3 is 0 Å². The summed E-state index contributed by atoms with van der Waals surface area (Å²) in [5, 5.41) is 0.221. The number of rotatable bonds is 7. The molecule has 0 spiro atoms. The summed E-state index contributed by atoms with van der Waals surface area (Å²) in [6.45, 7) is 4.07. The molecular formula is C16H25ClFN3O2S. The van der Waals surface area contributed by atoms with Crippen molar-refractivity contribution in [3.05, 3.63) is 34.6 Å². The molecule has 1 aromatic carbocycles. The average molecular weight is 378 g/mol. The SMILES string of the molecule is CC1CCCCN1CCNS(=O)(=O)N(C)Cc1c(F)cccc1Cl. The average Bonchev–Trinajstić information content (AvgIpc) is 2.52. The maximum atomic E-state index is 13.8. The van der Waals surface area contributed by atoms with E-state index < -0.39 is 16.0 Å². The van der Waals surface area contributed by atoms with Gasteiger partial charge in [-0.05, 0) is 38.4 Å². The number of nitrogens with zero attached hydrogens (tertiary/aromatic N) is 2. The summed E-state index contributed by atoms with van der Waals surface area (Å²) < 4.78 is 42.1. The highest BCUT2D eigenvalue weighted by atomic mass is 35.5. The first-order valence-corrected chi connectivity index (χ1v) is 10.0. The van der Waals surface area contributed by atoms with Crippen molar-refractivity contribution in [3.63, 3.8) is 0 Å². The normalized spacial score (nSPS) is 19.8. The molecule has 1 heterocycles. The smallest absolute Gasteiger partial charge is 0.279 e. The first-order chi connectivity index (χ1) is 11.3. The van der Waals surface area contributed by atoms with Crippen molar-refractivity contribution >= 4 is 21.8 Å². The van der Waals surface area contributed by atoms with E-state index in [1.807, 2.05) is 0 Å². The fourth-order valence-corrected chi connectivity index (χ4v) is 4.00. The van der Waals surface area contributed by atoms with Gasteiger partial charge in [-0.2, -0.15) is 12.7 Å². The summed E-state index contributed by atoms with van der Waals surface area (Å²) in [4.78, 5) is 2.29. The van der Waals surface area contributed by atoms with Crippen molar-refractivity contribution in [1.82, 2.24) is 13.9 Å². The van der Waals surface area contributed by atoms with Gasteiger partial charge in [0, 0.05) is 43.3 Å². The third-order valence-electron chi connectivity index (χ3n) is 4.48. The molecule has 0 saturated carbocycles. The van der Waals surface area contributed by atoms with Gasteiger partial charge < -0.3 is 0 Å². The molecule has 5 nitrogen and oxygen atoms in total. The zero-order valence-electron chi connectivity index (χ0n) is 14.1. The van der Waals surface area contributed by atoms with Gasteiger partial charge in [0.25, 0.3) is 10.2 Å². The minimum Gasteiger partial charge on any atom is -0.299 e. The molecule has 0 aromatic heterocycles. The Morgan fingerprint density at radius 3 is 2.83 bits per heavy atom. The van der Waals surface area contributed by atoms with Crippen LogP contribution in [-0.2, 0) is 16.8 Å². The van der Waals surface area contributed by atoms with Crippen LogP contribution in [0.15, 0.2) is 18.2 Å². The van der Waals surface area contributed by atoms with Gasteiger partial charge in [-0.1, -0.05) is 24.1 Å². The van der Waals surface area contributed by atoms with Gasteiger partial charge in [0.15, 0.2) is 0 Å². The van der Waals surface area contributed by atoms with E-state index in [2.05, 4.69) is 16.5 Å². The van der Waals surface area contributed by atoms with E-state index in [1.165, 1.54) is 25.6 Å². The maximum Gasteiger partial charge on any atom is 0.279 e. The van der Waals surface area contributed by atoms with Crippen LogP contribution in [0.4, 0.5) is 4.39 Å². The lowest BCUT2D eigenvalue weighted by molar-refractivity contribution is 0.164. The first kappa shape index (κ1) is 19.6. The van der Waals surface area contributed by atoms with Gasteiger partial charge in [0.1, 0.15) is 5.82 Å². The molecule has 1 saturated heterocycles. The van der Waals surface area contributed by atoms with Crippen molar-refractivity contribution in [3.8, 4) is 0 Å². The largest absolute Gasteiger partial charge is 0.299 e. The first-order valence-electron chi connectivity index (χ1n) is 8.19. The van der Waals surface area contributed by atoms with Crippen LogP contribution in [-0.4, -0.2) is 50.3 Å². The van der Waals surface area contributed by atoms with Crippen molar-refractivity contribution in [2.24, 2.45) is 0 Å². The molecule has 0 bridgehead atoms. The van der Waals surface area contributed by atoms with E-state index in [0.717, 1.165) is 23.7 Å². The molecule has 0 radical (unpaired) electrons. The standard InChI is InChI=1S/C16H25ClFN3O2S/c1-13-6-3-4-10-21(13)11-9-19-24(22,23)20(2)12-14-15(17)7-5-8-16(14)18/h5,7-8,13,19H,3-4,6,9-12H2,1-2H3. The van der Waals surface area contributed by atoms with Crippen LogP contribution in [0.5, 0.6) is 0 Å². The van der Waals surface area contributed by atoms with Gasteiger partial charge in [-0.15, -0.1) is 0 Å². The van der Waals surface area contributed by atoms with Crippen LogP contribution in [0.1, 0.15) is 31.7 Å². The summed E-state index contributed by atoms with van der Waals surface area (Å²) >= 11 is 5.96. The molecule has 1 aliphatic heterocycles. The lowest BCUT2D eigenvalue weighted by atomic mass is 10.0. The summed E-state index contributed by atoms with van der Waals surface area (Å²) in [7, 11) is -2.27. The number of halogens is 2. The fraction of sp³-hybridized carbons (Fsp3) is 0.625. The molecule has 1 atom stereocenters. The van der Waals surface area contributed by atoms with E-state index >= 15 is 0 Å². The minimum absolute atomic E-state index is 0.110. The molecule has 0 aliphatic carbocycles. The summed E-state index contributed by atoms with van der Waals surface area (Å²) in [5.74, 6) is -0.508. The van der Waals surface area contributed by atoms with Crippen LogP contribution in [0, 0.1) is 5.82 Å². The van der Waals surface area contributed by atoms with E-state index in [0.29, 0.717) is 19.1 Å². The number of benzene rings is 1. The number of piperidine rings is 1. The van der Waals surface area contributed by atoms with Gasteiger partial charge in [-0.3, -0.25) is 4.90 Å². The van der Waals surface area contributed by atoms with Crippen molar-refractivity contribution in [1.29, 1.82) is 0 Å². The second-order valence-corrected chi connectivity index (χ2v) is 8.51. The Morgan fingerprint density at radius 1 is 1.42 bits per heavy atom. The van der Waals surface area contributed by atoms with Crippen LogP contribution in [0.25, 0.3) is 0 Å². The van der Waals surface area contributed by atoms with Crippen molar-refractivity contribution < 1.29 is 12.8 Å². The lowest BCUT2D eigenvalue weighted by Crippen LogP contribution is -2.45. The van der Waals surface area contributed by atoms with Crippen LogP contribution in [0.2, 0.25) is 5.02 Å². The molecule has 1 N–H and O–H groups in total. The Hall–Kier alpha value is -0.730. The number of nitrogens with one attached hydrogen (secondary N) is 1. The fourth-order valence-electron chi connectivity index (χ4n) is 2.91. The minimum atomic E-state index is -3.68. The van der Waals surface area contributed by atoms with Crippen molar-refractivity contribution in [2.75, 3.05) is 26.7 Å². The monoisotopic (exact) mass is 377 g/mol. The second-order valence-electron chi connectivity index (χ2n) is 6.24. The Kier molecular flexibility index (Phi) is 7.00. The third-order valence-corrected chi connectivity index (χ3v) is 6.35. The Morgan fingerprint density at radius 2 is 2.17 bits per heavy atom. The highest BCUT2D eigenvalue weighted by Gasteiger charge is 2.22. The highest BCUT2D eigenvalue weighted by molar-refractivity contribution is 7.87. The molecule has 1 aliphatic rings. The highest BCUT2D eigenvalue weighted by Crippen LogP contribution is 2.21. The zero-order chi connectivity index (χ0) is 17.7. The molecule has 2 rings (SSSR count). The second kappa shape index (κ2) is 8.58. The van der Waals surface area contributed by atoms with Gasteiger partial charge in [-0.25, -0.2) is 9.11 Å². The molecular weight excluding hydrogens is 353 g/mol. The summed E-state index contributed by atoms with van der Waals surface area (Å²) in [5.41, 5.74) is 0.177. The zero-order valence-corrected chi connectivity index (χ0v) is 15.7. The van der Waals surface area contributed by atoms with Crippen LogP contribution in [0.3, 0.4) is 0 Å². The van der Waals surface area contributed by atoms with Crippen LogP contribution < -0.4 is 4.72 Å². The molecule has 1 aromatic rings. The Balaban J connectivity index is 1.89. The maximum absolute atomic E-state index is 13.8. The molecule has 24 heavy (non-hydrogen) atoms. The quantitative estimate of drug-likeness (QED) is 0.794. The van der Waals surface area contributed by atoms with E-state index in [4.69, 9.17) is 11.6 Å². The lowest BCUT2D eigenvalue weighted by Gasteiger charge is -2.33. The van der Waals surface area contributed by atoms with Crippen LogP contribution >= 0.6 is 11.6 Å². The number of likely N-dealkylation sites (tertiary alicyclic amines) is 1. The molecule has 0 amide bonds. The molecule has 1 unspecified atom stereocenters. The summed E-state index contributed by atoms with van der Waals surface area (Å²) in [6, 6.07) is 4.80. The summed E-state index contributed by atoms with van der Waals surface area (Å²) in [6.07, 6.45) is 3.54. The predicted molar refractivity (Wildman–Crippen MR) is 94.7 cm³/mol. The number of hydrogen-bond acceptors (Lipinski definition) is 3. The van der Waals surface area contributed by atoms with Crippen molar-refractivity contribution in [2.45, 2.75) is 38.8 Å². The predicted octanol–water partition coefficient (Wildman–Crippen LogP) is 2.62. The third kappa shape index (κ3) is 5.13. The Labute approximate surface area is 149 Å². The molecule has 136 valence electrons. The van der Waals surface area contributed by atoms with E-state index in [9.17, 15) is 12.8 Å². The van der Waals surface area contributed by atoms with Gasteiger partial charge in [0.05, 0.1) is 0 Å². The molecule has 8 heteroatoms. The van der Waals surface area contributed by atoms with E-state index in [1.54, 1.807) is 6.07 Å². The van der Waals surface area contributed by atoms with E-state index in [-0.39, 0.29) is 17.1 Å². The molecule has 1 fully saturated rings. The van der Waals surface area contributed by atoms with Gasteiger partial charge in [0.2, 0.25) is 0 Å². The Bertz CT molecular complexity index is 636. The topological polar surface area (TPSA) is 52.7 Å². The number of hydrogen-bond donors (Lipinski definition) is 1.